The fourth-order valence-electron chi connectivity index (χ4n) is 2.50. The third-order valence-corrected chi connectivity index (χ3v) is 5.61. The zero-order valence-corrected chi connectivity index (χ0v) is 13.6. The number of nitrogens with one attached hydrogen (secondary N) is 1. The van der Waals surface area contributed by atoms with Crippen molar-refractivity contribution < 1.29 is 8.42 Å². The second kappa shape index (κ2) is 7.06. The summed E-state index contributed by atoms with van der Waals surface area (Å²) < 4.78 is 23.1. The van der Waals surface area contributed by atoms with Crippen molar-refractivity contribution in [1.82, 2.24) is 9.97 Å². The largest absolute Gasteiger partial charge is 0.370 e. The fourth-order valence-corrected chi connectivity index (χ4v) is 4.27. The Bertz CT molecular complexity index is 562. The van der Waals surface area contributed by atoms with E-state index in [4.69, 9.17) is 0 Å². The minimum atomic E-state index is -2.88. The predicted molar refractivity (Wildman–Crippen MR) is 85.5 cm³/mol. The summed E-state index contributed by atoms with van der Waals surface area (Å²) in [4.78, 5) is 10.4. The van der Waals surface area contributed by atoms with Gasteiger partial charge in [0.05, 0.1) is 11.5 Å². The van der Waals surface area contributed by atoms with Gasteiger partial charge in [0, 0.05) is 25.7 Å². The normalized spacial score (nSPS) is 20.4. The van der Waals surface area contributed by atoms with Crippen molar-refractivity contribution in [1.29, 1.82) is 0 Å². The first-order chi connectivity index (χ1) is 10.0. The molecule has 1 unspecified atom stereocenters. The zero-order chi connectivity index (χ0) is 15.3. The molecule has 0 radical (unpaired) electrons. The van der Waals surface area contributed by atoms with Crippen molar-refractivity contribution in [3.8, 4) is 0 Å². The lowest BCUT2D eigenvalue weighted by Gasteiger charge is -2.24. The first kappa shape index (κ1) is 16.0. The Morgan fingerprint density at radius 3 is 2.86 bits per heavy atom. The van der Waals surface area contributed by atoms with E-state index in [1.165, 1.54) is 19.2 Å². The highest BCUT2D eigenvalue weighted by Crippen LogP contribution is 2.22. The van der Waals surface area contributed by atoms with Crippen LogP contribution in [0, 0.1) is 0 Å². The molecule has 0 aromatic carbocycles. The summed E-state index contributed by atoms with van der Waals surface area (Å²) in [5.41, 5.74) is 0. The molecule has 1 N–H and O–H groups in total. The summed E-state index contributed by atoms with van der Waals surface area (Å²) in [5.74, 6) is 2.05. The number of rotatable bonds is 7. The molecule has 0 spiro atoms. The molecule has 7 heteroatoms. The number of hydrogen-bond acceptors (Lipinski definition) is 6. The van der Waals surface area contributed by atoms with Gasteiger partial charge in [-0.15, -0.1) is 0 Å². The van der Waals surface area contributed by atoms with E-state index in [0.29, 0.717) is 6.42 Å². The van der Waals surface area contributed by atoms with Gasteiger partial charge in [0.1, 0.15) is 18.0 Å². The third-order valence-electron chi connectivity index (χ3n) is 3.86. The summed E-state index contributed by atoms with van der Waals surface area (Å²) >= 11 is 0. The molecule has 1 atom stereocenters. The number of unbranched alkanes of at least 4 members (excludes halogenated alkanes) is 2. The molecule has 1 aliphatic heterocycles. The molecule has 2 heterocycles. The summed E-state index contributed by atoms with van der Waals surface area (Å²) in [7, 11) is -0.982. The summed E-state index contributed by atoms with van der Waals surface area (Å²) in [5, 5.41) is 3.29. The lowest BCUT2D eigenvalue weighted by Crippen LogP contribution is -2.33. The van der Waals surface area contributed by atoms with Gasteiger partial charge in [0.25, 0.3) is 0 Å². The molecule has 1 fully saturated rings. The number of aromatic nitrogens is 2. The monoisotopic (exact) mass is 312 g/mol. The van der Waals surface area contributed by atoms with E-state index in [1.807, 2.05) is 18.0 Å². The van der Waals surface area contributed by atoms with Crippen molar-refractivity contribution in [2.24, 2.45) is 0 Å². The smallest absolute Gasteiger partial charge is 0.152 e. The van der Waals surface area contributed by atoms with Crippen LogP contribution >= 0.6 is 0 Å². The van der Waals surface area contributed by atoms with Crippen LogP contribution in [0.25, 0.3) is 0 Å². The Hall–Kier alpha value is -1.37. The highest BCUT2D eigenvalue weighted by atomic mass is 32.2. The van der Waals surface area contributed by atoms with Crippen LogP contribution in [0.1, 0.15) is 32.6 Å². The van der Waals surface area contributed by atoms with Crippen LogP contribution in [-0.4, -0.2) is 49.5 Å². The maximum absolute atomic E-state index is 11.6. The van der Waals surface area contributed by atoms with E-state index in [2.05, 4.69) is 22.2 Å². The van der Waals surface area contributed by atoms with E-state index < -0.39 is 9.84 Å². The first-order valence-electron chi connectivity index (χ1n) is 7.51. The van der Waals surface area contributed by atoms with Crippen LogP contribution in [0.2, 0.25) is 0 Å². The van der Waals surface area contributed by atoms with Gasteiger partial charge < -0.3 is 10.2 Å². The minimum Gasteiger partial charge on any atom is -0.370 e. The molecule has 0 saturated carbocycles. The molecule has 0 amide bonds. The summed E-state index contributed by atoms with van der Waals surface area (Å²) in [6, 6.07) is 1.90. The molecule has 1 aliphatic rings. The zero-order valence-electron chi connectivity index (χ0n) is 12.7. The number of sulfone groups is 1. The second-order valence-electron chi connectivity index (χ2n) is 5.56. The van der Waals surface area contributed by atoms with E-state index in [-0.39, 0.29) is 17.5 Å². The molecule has 0 bridgehead atoms. The highest BCUT2D eigenvalue weighted by Gasteiger charge is 2.31. The Morgan fingerprint density at radius 2 is 2.19 bits per heavy atom. The fraction of sp³-hybridized carbons (Fsp3) is 0.714. The quantitative estimate of drug-likeness (QED) is 0.772. The van der Waals surface area contributed by atoms with Crippen LogP contribution in [-0.2, 0) is 9.84 Å². The average Bonchev–Trinajstić information content (AvgIpc) is 2.83. The lowest BCUT2D eigenvalue weighted by atomic mass is 10.2. The Balaban J connectivity index is 1.96. The van der Waals surface area contributed by atoms with Crippen molar-refractivity contribution in [3.63, 3.8) is 0 Å². The van der Waals surface area contributed by atoms with Crippen molar-refractivity contribution >= 4 is 21.5 Å². The molecular formula is C14H24N4O2S. The standard InChI is InChI=1S/C14H24N4O2S/c1-3-4-5-7-15-13-9-14(17-11-16-13)18(2)12-6-8-21(19,20)10-12/h9,11-12H,3-8,10H2,1-2H3,(H,15,16,17). The van der Waals surface area contributed by atoms with Crippen molar-refractivity contribution in [3.05, 3.63) is 12.4 Å². The third kappa shape index (κ3) is 4.56. The van der Waals surface area contributed by atoms with Gasteiger partial charge in [-0.3, -0.25) is 0 Å². The maximum atomic E-state index is 11.6. The molecule has 21 heavy (non-hydrogen) atoms. The van der Waals surface area contributed by atoms with Crippen LogP contribution in [0.15, 0.2) is 12.4 Å². The van der Waals surface area contributed by atoms with Crippen LogP contribution in [0.5, 0.6) is 0 Å². The van der Waals surface area contributed by atoms with Crippen LogP contribution < -0.4 is 10.2 Å². The average molecular weight is 312 g/mol. The van der Waals surface area contributed by atoms with Crippen molar-refractivity contribution in [2.45, 2.75) is 38.6 Å². The van der Waals surface area contributed by atoms with E-state index in [1.54, 1.807) is 0 Å². The number of nitrogens with zero attached hydrogens (tertiary/aromatic N) is 3. The Labute approximate surface area is 126 Å². The molecule has 1 aromatic rings. The van der Waals surface area contributed by atoms with Gasteiger partial charge >= 0.3 is 0 Å². The van der Waals surface area contributed by atoms with E-state index in [9.17, 15) is 8.42 Å². The Kier molecular flexibility index (Phi) is 5.39. The summed E-state index contributed by atoms with van der Waals surface area (Å²) in [6.07, 6.45) is 5.70. The number of hydrogen-bond donors (Lipinski definition) is 1. The number of anilines is 2. The first-order valence-corrected chi connectivity index (χ1v) is 9.33. The van der Waals surface area contributed by atoms with Gasteiger partial charge in [-0.2, -0.15) is 0 Å². The Morgan fingerprint density at radius 1 is 1.38 bits per heavy atom. The second-order valence-corrected chi connectivity index (χ2v) is 7.79. The van der Waals surface area contributed by atoms with Gasteiger partial charge in [-0.1, -0.05) is 19.8 Å². The van der Waals surface area contributed by atoms with Crippen LogP contribution in [0.3, 0.4) is 0 Å². The molecule has 118 valence electrons. The molecule has 1 aromatic heterocycles. The van der Waals surface area contributed by atoms with Crippen molar-refractivity contribution in [2.75, 3.05) is 35.3 Å². The van der Waals surface area contributed by atoms with Gasteiger partial charge in [0.2, 0.25) is 0 Å². The summed E-state index contributed by atoms with van der Waals surface area (Å²) in [6.45, 7) is 3.07. The van der Waals surface area contributed by atoms with E-state index in [0.717, 1.165) is 24.6 Å². The highest BCUT2D eigenvalue weighted by molar-refractivity contribution is 7.91. The molecule has 0 aliphatic carbocycles. The van der Waals surface area contributed by atoms with Gasteiger partial charge in [-0.25, -0.2) is 18.4 Å². The lowest BCUT2D eigenvalue weighted by molar-refractivity contribution is 0.600. The molecule has 6 nitrogen and oxygen atoms in total. The van der Waals surface area contributed by atoms with Gasteiger partial charge in [-0.05, 0) is 12.8 Å². The van der Waals surface area contributed by atoms with Gasteiger partial charge in [0.15, 0.2) is 9.84 Å². The topological polar surface area (TPSA) is 75.2 Å². The SMILES string of the molecule is CCCCCNc1cc(N(C)C2CCS(=O)(=O)C2)ncn1. The van der Waals surface area contributed by atoms with Crippen LogP contribution in [0.4, 0.5) is 11.6 Å². The molecular weight excluding hydrogens is 288 g/mol. The molecule has 1 saturated heterocycles. The minimum absolute atomic E-state index is 0.0119. The maximum Gasteiger partial charge on any atom is 0.152 e. The predicted octanol–water partition coefficient (Wildman–Crippen LogP) is 1.70. The van der Waals surface area contributed by atoms with E-state index >= 15 is 0 Å². The molecule has 2 rings (SSSR count).